The Kier molecular flexibility index (Phi) is 4.81. The first-order valence-electron chi connectivity index (χ1n) is 9.90. The van der Waals surface area contributed by atoms with Crippen molar-refractivity contribution in [2.75, 3.05) is 11.9 Å². The van der Waals surface area contributed by atoms with E-state index >= 15 is 0 Å². The van der Waals surface area contributed by atoms with E-state index in [4.69, 9.17) is 0 Å². The minimum absolute atomic E-state index is 0.0704. The first-order chi connectivity index (χ1) is 13.7. The van der Waals surface area contributed by atoms with E-state index in [1.54, 1.807) is 0 Å². The lowest BCUT2D eigenvalue weighted by molar-refractivity contribution is -0.167. The van der Waals surface area contributed by atoms with Gasteiger partial charge in [-0.1, -0.05) is 51.1 Å². The van der Waals surface area contributed by atoms with Crippen molar-refractivity contribution < 1.29 is 14.4 Å². The topological polar surface area (TPSA) is 79.4 Å². The van der Waals surface area contributed by atoms with Crippen LogP contribution in [0.2, 0.25) is 0 Å². The Hall–Kier alpha value is -2.54. The van der Waals surface area contributed by atoms with Crippen molar-refractivity contribution in [3.63, 3.8) is 0 Å². The van der Waals surface area contributed by atoms with Crippen LogP contribution in [0.15, 0.2) is 35.7 Å². The molecule has 6 nitrogen and oxygen atoms in total. The van der Waals surface area contributed by atoms with Crippen molar-refractivity contribution in [2.24, 2.45) is 16.7 Å². The lowest BCUT2D eigenvalue weighted by Gasteiger charge is -2.47. The summed E-state index contributed by atoms with van der Waals surface area (Å²) in [5.41, 5.74) is 0.912. The molecule has 2 unspecified atom stereocenters. The number of imide groups is 1. The molecule has 2 fully saturated rings. The second kappa shape index (κ2) is 7.06. The summed E-state index contributed by atoms with van der Waals surface area (Å²) in [6.45, 7) is 6.09. The molecule has 0 spiro atoms. The van der Waals surface area contributed by atoms with Crippen molar-refractivity contribution in [2.45, 2.75) is 40.0 Å². The number of benzene rings is 1. The molecule has 1 aromatic heterocycles. The quantitative estimate of drug-likeness (QED) is 0.756. The monoisotopic (exact) mass is 411 g/mol. The van der Waals surface area contributed by atoms with E-state index in [2.05, 4.69) is 10.3 Å². The summed E-state index contributed by atoms with van der Waals surface area (Å²) in [6.07, 6.45) is 1.53. The van der Waals surface area contributed by atoms with Gasteiger partial charge in [0.1, 0.15) is 0 Å². The zero-order valence-electron chi connectivity index (χ0n) is 16.9. The minimum Gasteiger partial charge on any atom is -0.302 e. The van der Waals surface area contributed by atoms with Gasteiger partial charge in [0.25, 0.3) is 0 Å². The molecule has 1 N–H and O–H groups in total. The van der Waals surface area contributed by atoms with Gasteiger partial charge in [-0.05, 0) is 18.3 Å². The number of nitrogens with one attached hydrogen (secondary N) is 1. The molecule has 7 heteroatoms. The molecule has 1 saturated carbocycles. The van der Waals surface area contributed by atoms with Gasteiger partial charge < -0.3 is 5.32 Å². The number of carbonyl (C=O) groups excluding carboxylic acids is 3. The predicted octanol–water partition coefficient (Wildman–Crippen LogP) is 3.95. The summed E-state index contributed by atoms with van der Waals surface area (Å²) in [6, 6.07) is 9.74. The Bertz CT molecular complexity index is 969. The molecule has 2 aromatic rings. The number of fused-ring (bicyclic) bond motifs is 2. The van der Waals surface area contributed by atoms with Crippen molar-refractivity contribution in [3.05, 3.63) is 35.7 Å². The third kappa shape index (κ3) is 3.17. The van der Waals surface area contributed by atoms with Crippen LogP contribution in [0.4, 0.5) is 5.13 Å². The standard InChI is InChI=1S/C22H25N3O3S/c1-21(2)15-9-11-22(21,3)19(28)25(18(15)27)12-10-17(26)24-20-23-16(13-29-20)14-7-5-4-6-8-14/h4-8,13,15H,9-12H2,1-3H3,(H,23,24,26). The highest BCUT2D eigenvalue weighted by atomic mass is 32.1. The number of anilines is 1. The molecule has 2 atom stereocenters. The minimum atomic E-state index is -0.540. The van der Waals surface area contributed by atoms with Crippen molar-refractivity contribution in [1.82, 2.24) is 9.88 Å². The van der Waals surface area contributed by atoms with Crippen molar-refractivity contribution in [1.29, 1.82) is 0 Å². The lowest BCUT2D eigenvalue weighted by Crippen LogP contribution is -2.59. The molecule has 1 aliphatic heterocycles. The second-order valence-electron chi connectivity index (χ2n) is 8.64. The zero-order valence-corrected chi connectivity index (χ0v) is 17.7. The maximum Gasteiger partial charge on any atom is 0.235 e. The second-order valence-corrected chi connectivity index (χ2v) is 9.50. The number of aromatic nitrogens is 1. The Morgan fingerprint density at radius 3 is 2.69 bits per heavy atom. The van der Waals surface area contributed by atoms with Crippen LogP contribution >= 0.6 is 11.3 Å². The molecule has 4 rings (SSSR count). The van der Waals surface area contributed by atoms with Crippen LogP contribution in [0.5, 0.6) is 0 Å². The molecule has 1 saturated heterocycles. The molecule has 1 aromatic carbocycles. The molecule has 2 heterocycles. The highest BCUT2D eigenvalue weighted by molar-refractivity contribution is 7.14. The molecule has 3 amide bonds. The Morgan fingerprint density at radius 1 is 1.24 bits per heavy atom. The molecular weight excluding hydrogens is 386 g/mol. The van der Waals surface area contributed by atoms with Crippen LogP contribution in [-0.4, -0.2) is 34.2 Å². The SMILES string of the molecule is CC12CCC(C(=O)N(CCC(=O)Nc3nc(-c4ccccc4)cs3)C1=O)C2(C)C. The Balaban J connectivity index is 1.39. The highest BCUT2D eigenvalue weighted by Gasteiger charge is 2.64. The summed E-state index contributed by atoms with van der Waals surface area (Å²) in [5.74, 6) is -0.680. The van der Waals surface area contributed by atoms with Crippen LogP contribution in [0, 0.1) is 16.7 Å². The normalized spacial score (nSPS) is 25.3. The average molecular weight is 412 g/mol. The van der Waals surface area contributed by atoms with E-state index in [-0.39, 0.29) is 42.0 Å². The maximum atomic E-state index is 13.0. The van der Waals surface area contributed by atoms with Crippen LogP contribution in [-0.2, 0) is 14.4 Å². The highest BCUT2D eigenvalue weighted by Crippen LogP contribution is 2.60. The first-order valence-corrected chi connectivity index (χ1v) is 10.8. The number of amides is 3. The maximum absolute atomic E-state index is 13.0. The van der Waals surface area contributed by atoms with Gasteiger partial charge in [0.2, 0.25) is 17.7 Å². The van der Waals surface area contributed by atoms with E-state index in [9.17, 15) is 14.4 Å². The van der Waals surface area contributed by atoms with Gasteiger partial charge in [-0.15, -0.1) is 11.3 Å². The number of carbonyl (C=O) groups is 3. The van der Waals surface area contributed by atoms with Gasteiger partial charge in [0.15, 0.2) is 5.13 Å². The van der Waals surface area contributed by atoms with E-state index in [1.165, 1.54) is 16.2 Å². The van der Waals surface area contributed by atoms with E-state index in [1.807, 2.05) is 56.5 Å². The third-order valence-electron chi connectivity index (χ3n) is 6.89. The third-order valence-corrected chi connectivity index (χ3v) is 7.65. The fraction of sp³-hybridized carbons (Fsp3) is 0.455. The van der Waals surface area contributed by atoms with Crippen molar-refractivity contribution >= 4 is 34.2 Å². The van der Waals surface area contributed by atoms with E-state index < -0.39 is 5.41 Å². The van der Waals surface area contributed by atoms with Crippen molar-refractivity contribution in [3.8, 4) is 11.3 Å². The fourth-order valence-electron chi connectivity index (χ4n) is 4.58. The number of nitrogens with zero attached hydrogens (tertiary/aromatic N) is 2. The molecule has 1 aliphatic carbocycles. The van der Waals surface area contributed by atoms with Crippen LogP contribution in [0.3, 0.4) is 0 Å². The summed E-state index contributed by atoms with van der Waals surface area (Å²) in [7, 11) is 0. The average Bonchev–Trinajstić information content (AvgIpc) is 3.22. The molecule has 2 bridgehead atoms. The Labute approximate surface area is 174 Å². The van der Waals surface area contributed by atoms with Crippen LogP contribution in [0.1, 0.15) is 40.0 Å². The fourth-order valence-corrected chi connectivity index (χ4v) is 5.32. The number of piperidine rings is 1. The van der Waals surface area contributed by atoms with Gasteiger partial charge in [0, 0.05) is 29.8 Å². The van der Waals surface area contributed by atoms with Gasteiger partial charge in [0.05, 0.1) is 11.1 Å². The molecule has 152 valence electrons. The first kappa shape index (κ1) is 19.8. The molecular formula is C22H25N3O3S. The zero-order chi connectivity index (χ0) is 20.8. The Morgan fingerprint density at radius 2 is 1.97 bits per heavy atom. The lowest BCUT2D eigenvalue weighted by atomic mass is 9.62. The van der Waals surface area contributed by atoms with Crippen LogP contribution in [0.25, 0.3) is 11.3 Å². The smallest absolute Gasteiger partial charge is 0.235 e. The van der Waals surface area contributed by atoms with Gasteiger partial charge >= 0.3 is 0 Å². The molecule has 2 aliphatic rings. The number of hydrogen-bond donors (Lipinski definition) is 1. The number of hydrogen-bond acceptors (Lipinski definition) is 5. The number of rotatable bonds is 5. The number of likely N-dealkylation sites (tertiary alicyclic amines) is 1. The molecule has 29 heavy (non-hydrogen) atoms. The molecule has 0 radical (unpaired) electrons. The van der Waals surface area contributed by atoms with Gasteiger partial charge in [-0.3, -0.25) is 19.3 Å². The summed E-state index contributed by atoms with van der Waals surface area (Å²) >= 11 is 1.35. The van der Waals surface area contributed by atoms with Gasteiger partial charge in [-0.25, -0.2) is 4.98 Å². The summed E-state index contributed by atoms with van der Waals surface area (Å²) in [4.78, 5) is 44.0. The predicted molar refractivity (Wildman–Crippen MR) is 112 cm³/mol. The van der Waals surface area contributed by atoms with Gasteiger partial charge in [-0.2, -0.15) is 0 Å². The summed E-state index contributed by atoms with van der Waals surface area (Å²) in [5, 5.41) is 5.19. The van der Waals surface area contributed by atoms with E-state index in [0.29, 0.717) is 5.13 Å². The van der Waals surface area contributed by atoms with E-state index in [0.717, 1.165) is 24.1 Å². The largest absolute Gasteiger partial charge is 0.302 e. The number of thiazole rings is 1. The van der Waals surface area contributed by atoms with Crippen LogP contribution < -0.4 is 5.32 Å². The summed E-state index contributed by atoms with van der Waals surface area (Å²) < 4.78 is 0.